The van der Waals surface area contributed by atoms with Crippen LogP contribution in [-0.2, 0) is 9.53 Å². The molecule has 0 spiro atoms. The number of nitrogens with one attached hydrogen (secondary N) is 2. The van der Waals surface area contributed by atoms with Crippen LogP contribution >= 0.6 is 11.6 Å². The lowest BCUT2D eigenvalue weighted by atomic mass is 10.0. The third-order valence-corrected chi connectivity index (χ3v) is 5.95. The summed E-state index contributed by atoms with van der Waals surface area (Å²) in [6, 6.07) is 7.30. The number of halogens is 3. The van der Waals surface area contributed by atoms with E-state index in [9.17, 15) is 18.7 Å². The van der Waals surface area contributed by atoms with Gasteiger partial charge in [-0.15, -0.1) is 0 Å². The largest absolute Gasteiger partial charge is 0.388 e. The zero-order valence-electron chi connectivity index (χ0n) is 18.7. The highest BCUT2D eigenvalue weighted by Gasteiger charge is 2.20. The lowest BCUT2D eigenvalue weighted by Crippen LogP contribution is -2.37. The van der Waals surface area contributed by atoms with E-state index in [0.717, 1.165) is 13.1 Å². The smallest absolute Gasteiger partial charge is 0.283 e. The number of hydrogen-bond acceptors (Lipinski definition) is 7. The molecule has 0 radical (unpaired) electrons. The molecule has 184 valence electrons. The molecule has 1 aliphatic heterocycles. The van der Waals surface area contributed by atoms with Crippen LogP contribution in [0.4, 0.5) is 26.0 Å². The Hall–Kier alpha value is -3.18. The van der Waals surface area contributed by atoms with Gasteiger partial charge < -0.3 is 20.5 Å². The molecule has 35 heavy (non-hydrogen) atoms. The maximum absolute atomic E-state index is 13.5. The first kappa shape index (κ1) is 24.9. The molecule has 0 aliphatic carbocycles. The van der Waals surface area contributed by atoms with Crippen LogP contribution in [-0.4, -0.2) is 58.7 Å². The number of amides is 1. The maximum atomic E-state index is 13.5. The van der Waals surface area contributed by atoms with Crippen LogP contribution < -0.4 is 10.6 Å². The van der Waals surface area contributed by atoms with E-state index in [1.54, 1.807) is 12.1 Å². The minimum atomic E-state index is -1.16. The van der Waals surface area contributed by atoms with Crippen molar-refractivity contribution in [3.63, 3.8) is 0 Å². The van der Waals surface area contributed by atoms with Crippen molar-refractivity contribution in [2.24, 2.45) is 0 Å². The van der Waals surface area contributed by atoms with Gasteiger partial charge in [-0.1, -0.05) is 18.2 Å². The minimum Gasteiger partial charge on any atom is -0.388 e. The lowest BCUT2D eigenvalue weighted by Gasteiger charge is -2.27. The SMILES string of the molecule is C=C(F)C(=O)Nc1cc2c(Nc3ccc(F)c(Cl)c3)ncnc2cc1C(O)CCN1CCOCC1. The number of anilines is 3. The standard InChI is InChI=1S/C24H24ClF2N5O3/c1-14(26)24(34)31-21-12-17-20(11-16(21)22(33)4-5-32-6-8-35-9-7-32)28-13-29-23(17)30-15-2-3-19(27)18(25)10-15/h2-3,10-13,22,33H,1,4-9H2,(H,31,34)(H,28,29,30). The van der Waals surface area contributed by atoms with Gasteiger partial charge in [-0.2, -0.15) is 0 Å². The Kier molecular flexibility index (Phi) is 7.86. The molecular formula is C24H24ClF2N5O3. The number of hydrogen-bond donors (Lipinski definition) is 3. The molecule has 3 N–H and O–H groups in total. The minimum absolute atomic E-state index is 0.0616. The summed E-state index contributed by atoms with van der Waals surface area (Å²) in [6.07, 6.45) is 0.768. The average Bonchev–Trinajstić information content (AvgIpc) is 2.85. The fourth-order valence-electron chi connectivity index (χ4n) is 3.79. The summed E-state index contributed by atoms with van der Waals surface area (Å²) in [4.78, 5) is 22.8. The number of rotatable bonds is 8. The van der Waals surface area contributed by atoms with Gasteiger partial charge in [-0.3, -0.25) is 9.69 Å². The van der Waals surface area contributed by atoms with E-state index in [1.807, 2.05) is 0 Å². The number of benzene rings is 2. The topological polar surface area (TPSA) is 99.6 Å². The summed E-state index contributed by atoms with van der Waals surface area (Å²) in [6.45, 7) is 6.47. The monoisotopic (exact) mass is 503 g/mol. The molecule has 0 bridgehead atoms. The quantitative estimate of drug-likeness (QED) is 0.393. The summed E-state index contributed by atoms with van der Waals surface area (Å²) in [5.41, 5.74) is 1.54. The molecule has 8 nitrogen and oxygen atoms in total. The van der Waals surface area contributed by atoms with Crippen LogP contribution in [0.5, 0.6) is 0 Å². The van der Waals surface area contributed by atoms with Gasteiger partial charge in [0.15, 0.2) is 5.83 Å². The van der Waals surface area contributed by atoms with E-state index in [0.29, 0.717) is 54.2 Å². The molecular weight excluding hydrogens is 480 g/mol. The number of aromatic nitrogens is 2. The summed E-state index contributed by atoms with van der Waals surface area (Å²) in [5.74, 6) is -2.40. The first-order chi connectivity index (χ1) is 16.8. The highest BCUT2D eigenvalue weighted by molar-refractivity contribution is 6.31. The molecule has 4 rings (SSSR count). The van der Waals surface area contributed by atoms with Crippen molar-refractivity contribution in [2.75, 3.05) is 43.5 Å². The van der Waals surface area contributed by atoms with Crippen LogP contribution in [0.1, 0.15) is 18.1 Å². The molecule has 1 aliphatic rings. The summed E-state index contributed by atoms with van der Waals surface area (Å²) >= 11 is 5.87. The first-order valence-corrected chi connectivity index (χ1v) is 11.3. The predicted octanol–water partition coefficient (Wildman–Crippen LogP) is 4.34. The molecule has 3 aromatic rings. The lowest BCUT2D eigenvalue weighted by molar-refractivity contribution is -0.114. The second kappa shape index (κ2) is 11.0. The fraction of sp³-hybridized carbons (Fsp3) is 0.292. The predicted molar refractivity (Wildman–Crippen MR) is 130 cm³/mol. The molecule has 1 saturated heterocycles. The zero-order valence-corrected chi connectivity index (χ0v) is 19.5. The van der Waals surface area contributed by atoms with Crippen molar-refractivity contribution in [3.05, 3.63) is 65.5 Å². The van der Waals surface area contributed by atoms with Crippen LogP contribution in [0.2, 0.25) is 5.02 Å². The third-order valence-electron chi connectivity index (χ3n) is 5.67. The van der Waals surface area contributed by atoms with Gasteiger partial charge in [0.25, 0.3) is 5.91 Å². The van der Waals surface area contributed by atoms with Gasteiger partial charge in [0.1, 0.15) is 18.0 Å². The van der Waals surface area contributed by atoms with Crippen LogP contribution in [0.15, 0.2) is 49.1 Å². The number of carbonyl (C=O) groups excluding carboxylic acids is 1. The number of fused-ring (bicyclic) bond motifs is 1. The van der Waals surface area contributed by atoms with Gasteiger partial charge in [0.2, 0.25) is 0 Å². The van der Waals surface area contributed by atoms with Gasteiger partial charge in [-0.25, -0.2) is 18.7 Å². The Morgan fingerprint density at radius 3 is 2.74 bits per heavy atom. The second-order valence-corrected chi connectivity index (χ2v) is 8.46. The van der Waals surface area contributed by atoms with Crippen molar-refractivity contribution in [1.29, 1.82) is 0 Å². The summed E-state index contributed by atoms with van der Waals surface area (Å²) in [7, 11) is 0. The van der Waals surface area contributed by atoms with Gasteiger partial charge >= 0.3 is 0 Å². The third kappa shape index (κ3) is 6.09. The van der Waals surface area contributed by atoms with Gasteiger partial charge in [0, 0.05) is 42.0 Å². The fourth-order valence-corrected chi connectivity index (χ4v) is 3.97. The van der Waals surface area contributed by atoms with E-state index in [1.165, 1.54) is 24.5 Å². The number of aliphatic hydroxyl groups is 1. The average molecular weight is 504 g/mol. The molecule has 2 heterocycles. The van der Waals surface area contributed by atoms with E-state index in [-0.39, 0.29) is 10.7 Å². The van der Waals surface area contributed by atoms with E-state index in [2.05, 4.69) is 32.1 Å². The van der Waals surface area contributed by atoms with Crippen LogP contribution in [0, 0.1) is 5.82 Å². The van der Waals surface area contributed by atoms with Crippen molar-refractivity contribution >= 4 is 45.6 Å². The Balaban J connectivity index is 1.67. The second-order valence-electron chi connectivity index (χ2n) is 8.05. The van der Waals surface area contributed by atoms with Crippen molar-refractivity contribution in [1.82, 2.24) is 14.9 Å². The van der Waals surface area contributed by atoms with E-state index in [4.69, 9.17) is 16.3 Å². The summed E-state index contributed by atoms with van der Waals surface area (Å²) < 4.78 is 32.4. The number of nitrogens with zero attached hydrogens (tertiary/aromatic N) is 3. The molecule has 0 saturated carbocycles. The molecule has 11 heteroatoms. The molecule has 1 atom stereocenters. The summed E-state index contributed by atoms with van der Waals surface area (Å²) in [5, 5.41) is 16.9. The number of carbonyl (C=O) groups is 1. The highest BCUT2D eigenvalue weighted by atomic mass is 35.5. The number of ether oxygens (including phenoxy) is 1. The van der Waals surface area contributed by atoms with Crippen molar-refractivity contribution in [3.8, 4) is 0 Å². The maximum Gasteiger partial charge on any atom is 0.283 e. The van der Waals surface area contributed by atoms with Crippen LogP contribution in [0.3, 0.4) is 0 Å². The molecule has 1 aromatic heterocycles. The van der Waals surface area contributed by atoms with Crippen molar-refractivity contribution in [2.45, 2.75) is 12.5 Å². The van der Waals surface area contributed by atoms with Gasteiger partial charge in [-0.05, 0) is 36.8 Å². The van der Waals surface area contributed by atoms with E-state index >= 15 is 0 Å². The molecule has 1 fully saturated rings. The molecule has 1 unspecified atom stereocenters. The van der Waals surface area contributed by atoms with E-state index < -0.39 is 23.7 Å². The molecule has 2 aromatic carbocycles. The Bertz CT molecular complexity index is 1250. The first-order valence-electron chi connectivity index (χ1n) is 11.0. The highest BCUT2D eigenvalue weighted by Crippen LogP contribution is 2.34. The Labute approximate surface area is 205 Å². The number of morpholine rings is 1. The zero-order chi connectivity index (χ0) is 24.9. The Morgan fingerprint density at radius 2 is 2.03 bits per heavy atom. The molecule has 1 amide bonds. The van der Waals surface area contributed by atoms with Crippen LogP contribution in [0.25, 0.3) is 10.9 Å². The Morgan fingerprint density at radius 1 is 1.26 bits per heavy atom. The number of aliphatic hydroxyl groups excluding tert-OH is 1. The van der Waals surface area contributed by atoms with Gasteiger partial charge in [0.05, 0.1) is 29.9 Å². The normalized spacial score (nSPS) is 15.1. The van der Waals surface area contributed by atoms with Crippen molar-refractivity contribution < 1.29 is 23.4 Å².